The Labute approximate surface area is 140 Å². The highest BCUT2D eigenvalue weighted by Gasteiger charge is 2.11. The van der Waals surface area contributed by atoms with Crippen LogP contribution in [0.5, 0.6) is 5.75 Å². The van der Waals surface area contributed by atoms with Gasteiger partial charge in [-0.1, -0.05) is 23.7 Å². The van der Waals surface area contributed by atoms with Crippen LogP contribution in [-0.2, 0) is 4.79 Å². The van der Waals surface area contributed by atoms with Crippen molar-refractivity contribution in [3.8, 4) is 11.8 Å². The normalized spacial score (nSPS) is 10.8. The summed E-state index contributed by atoms with van der Waals surface area (Å²) >= 11 is 5.89. The summed E-state index contributed by atoms with van der Waals surface area (Å²) in [6.07, 6.45) is 1.53. The molecule has 1 amide bonds. The summed E-state index contributed by atoms with van der Waals surface area (Å²) in [4.78, 5) is 12.2. The number of halogens is 1. The second-order valence-corrected chi connectivity index (χ2v) is 5.29. The lowest BCUT2D eigenvalue weighted by molar-refractivity contribution is -0.112. The first-order chi connectivity index (χ1) is 11.0. The summed E-state index contributed by atoms with van der Waals surface area (Å²) in [6.45, 7) is 1.83. The van der Waals surface area contributed by atoms with Gasteiger partial charge in [0.05, 0.1) is 7.11 Å². The number of carbonyl (C=O) groups is 1. The van der Waals surface area contributed by atoms with E-state index in [1.54, 1.807) is 49.6 Å². The van der Waals surface area contributed by atoms with Crippen LogP contribution in [0.2, 0.25) is 5.02 Å². The number of nitriles is 1. The minimum absolute atomic E-state index is 0.0181. The van der Waals surface area contributed by atoms with E-state index in [1.807, 2.05) is 13.0 Å². The van der Waals surface area contributed by atoms with E-state index in [0.717, 1.165) is 11.1 Å². The van der Waals surface area contributed by atoms with E-state index in [9.17, 15) is 10.1 Å². The third kappa shape index (κ3) is 4.35. The fourth-order valence-corrected chi connectivity index (χ4v) is 2.20. The molecule has 0 fully saturated rings. The van der Waals surface area contributed by atoms with Crippen molar-refractivity contribution in [2.45, 2.75) is 6.92 Å². The van der Waals surface area contributed by atoms with Gasteiger partial charge in [0.15, 0.2) is 0 Å². The first-order valence-corrected chi connectivity index (χ1v) is 7.24. The Hall–Kier alpha value is -2.77. The molecule has 0 saturated heterocycles. The van der Waals surface area contributed by atoms with E-state index < -0.39 is 5.91 Å². The zero-order valence-corrected chi connectivity index (χ0v) is 13.5. The van der Waals surface area contributed by atoms with Gasteiger partial charge in [0.2, 0.25) is 0 Å². The number of nitrogens with one attached hydrogen (secondary N) is 1. The molecule has 0 unspecified atom stereocenters. The van der Waals surface area contributed by atoms with Crippen LogP contribution in [0.3, 0.4) is 0 Å². The van der Waals surface area contributed by atoms with Gasteiger partial charge in [0.25, 0.3) is 5.91 Å². The van der Waals surface area contributed by atoms with Crippen molar-refractivity contribution in [3.63, 3.8) is 0 Å². The number of anilines is 1. The number of hydrogen-bond donors (Lipinski definition) is 1. The van der Waals surface area contributed by atoms with E-state index in [0.29, 0.717) is 16.5 Å². The van der Waals surface area contributed by atoms with Gasteiger partial charge in [0.1, 0.15) is 17.4 Å². The lowest BCUT2D eigenvalue weighted by atomic mass is 10.1. The Bertz CT molecular complexity index is 790. The summed E-state index contributed by atoms with van der Waals surface area (Å²) in [6, 6.07) is 14.1. The molecule has 4 nitrogen and oxygen atoms in total. The number of ether oxygens (including phenoxy) is 1. The van der Waals surface area contributed by atoms with Crippen molar-refractivity contribution in [1.82, 2.24) is 0 Å². The Balaban J connectivity index is 2.20. The quantitative estimate of drug-likeness (QED) is 0.676. The number of rotatable bonds is 4. The van der Waals surface area contributed by atoms with Gasteiger partial charge in [-0.15, -0.1) is 0 Å². The van der Waals surface area contributed by atoms with Gasteiger partial charge in [-0.25, -0.2) is 0 Å². The number of amides is 1. The Kier molecular flexibility index (Phi) is 5.40. The van der Waals surface area contributed by atoms with Crippen molar-refractivity contribution in [1.29, 1.82) is 5.26 Å². The molecule has 116 valence electrons. The fourth-order valence-electron chi connectivity index (χ4n) is 1.97. The average molecular weight is 327 g/mol. The number of carbonyl (C=O) groups excluding carboxylic acids is 1. The second-order valence-electron chi connectivity index (χ2n) is 4.86. The Morgan fingerprint density at radius 2 is 1.96 bits per heavy atom. The number of hydrogen-bond acceptors (Lipinski definition) is 3. The van der Waals surface area contributed by atoms with Crippen molar-refractivity contribution in [2.75, 3.05) is 12.4 Å². The van der Waals surface area contributed by atoms with E-state index in [2.05, 4.69) is 5.32 Å². The maximum atomic E-state index is 12.2. The van der Waals surface area contributed by atoms with Crippen molar-refractivity contribution < 1.29 is 9.53 Å². The number of aryl methyl sites for hydroxylation is 1. The van der Waals surface area contributed by atoms with Crippen LogP contribution in [0.1, 0.15) is 11.1 Å². The maximum absolute atomic E-state index is 12.2. The molecule has 0 aliphatic rings. The van der Waals surface area contributed by atoms with Crippen LogP contribution in [0.15, 0.2) is 48.0 Å². The highest BCUT2D eigenvalue weighted by Crippen LogP contribution is 2.20. The molecule has 2 rings (SSSR count). The second kappa shape index (κ2) is 7.48. The van der Waals surface area contributed by atoms with E-state index in [4.69, 9.17) is 16.3 Å². The third-order valence-corrected chi connectivity index (χ3v) is 3.46. The number of benzene rings is 2. The van der Waals surface area contributed by atoms with Crippen LogP contribution in [0.4, 0.5) is 5.69 Å². The molecular formula is C18H15ClN2O2. The summed E-state index contributed by atoms with van der Waals surface area (Å²) in [7, 11) is 1.58. The predicted octanol–water partition coefficient (Wildman–Crippen LogP) is 4.20. The van der Waals surface area contributed by atoms with Crippen molar-refractivity contribution in [2.24, 2.45) is 0 Å². The Morgan fingerprint density at radius 1 is 1.26 bits per heavy atom. The molecule has 2 aromatic rings. The molecule has 1 N–H and O–H groups in total. The van der Waals surface area contributed by atoms with Gasteiger partial charge in [-0.3, -0.25) is 4.79 Å². The van der Waals surface area contributed by atoms with Gasteiger partial charge >= 0.3 is 0 Å². The molecule has 0 bridgehead atoms. The zero-order valence-electron chi connectivity index (χ0n) is 12.8. The van der Waals surface area contributed by atoms with Crippen molar-refractivity contribution >= 4 is 29.3 Å². The molecular weight excluding hydrogens is 312 g/mol. The molecule has 0 atom stereocenters. The van der Waals surface area contributed by atoms with Gasteiger partial charge in [-0.2, -0.15) is 5.26 Å². The minimum Gasteiger partial charge on any atom is -0.497 e. The van der Waals surface area contributed by atoms with Crippen molar-refractivity contribution in [3.05, 3.63) is 64.2 Å². The standard InChI is InChI=1S/C18H15ClN2O2/c1-12-9-15(19)5-8-17(12)21-18(22)14(11-20)10-13-3-6-16(23-2)7-4-13/h3-10H,1-2H3,(H,21,22)/b14-10+. The Morgan fingerprint density at radius 3 is 2.52 bits per heavy atom. The highest BCUT2D eigenvalue weighted by atomic mass is 35.5. The predicted molar refractivity (Wildman–Crippen MR) is 91.4 cm³/mol. The summed E-state index contributed by atoms with van der Waals surface area (Å²) in [5, 5.41) is 12.5. The summed E-state index contributed by atoms with van der Waals surface area (Å²) in [5.74, 6) is 0.246. The molecule has 5 heteroatoms. The van der Waals surface area contributed by atoms with E-state index in [-0.39, 0.29) is 5.57 Å². The van der Waals surface area contributed by atoms with Crippen LogP contribution in [-0.4, -0.2) is 13.0 Å². The molecule has 0 aliphatic carbocycles. The lowest BCUT2D eigenvalue weighted by Gasteiger charge is -2.08. The third-order valence-electron chi connectivity index (χ3n) is 3.23. The molecule has 0 saturated carbocycles. The van der Waals surface area contributed by atoms with E-state index in [1.165, 1.54) is 6.08 Å². The minimum atomic E-state index is -0.464. The summed E-state index contributed by atoms with van der Waals surface area (Å²) < 4.78 is 5.07. The van der Waals surface area contributed by atoms with Crippen LogP contribution < -0.4 is 10.1 Å². The topological polar surface area (TPSA) is 62.1 Å². The van der Waals surface area contributed by atoms with E-state index >= 15 is 0 Å². The smallest absolute Gasteiger partial charge is 0.266 e. The average Bonchev–Trinajstić information content (AvgIpc) is 2.55. The van der Waals surface area contributed by atoms with Crippen LogP contribution in [0.25, 0.3) is 6.08 Å². The molecule has 0 aromatic heterocycles. The van der Waals surface area contributed by atoms with Gasteiger partial charge in [0, 0.05) is 10.7 Å². The largest absolute Gasteiger partial charge is 0.497 e. The highest BCUT2D eigenvalue weighted by molar-refractivity contribution is 6.30. The molecule has 23 heavy (non-hydrogen) atoms. The maximum Gasteiger partial charge on any atom is 0.266 e. The molecule has 0 radical (unpaired) electrons. The first kappa shape index (κ1) is 16.6. The van der Waals surface area contributed by atoms with Crippen LogP contribution in [0, 0.1) is 18.3 Å². The molecule has 0 aliphatic heterocycles. The SMILES string of the molecule is COc1ccc(/C=C(\C#N)C(=O)Nc2ccc(Cl)cc2C)cc1. The molecule has 0 heterocycles. The number of nitrogens with zero attached hydrogens (tertiary/aromatic N) is 1. The van der Waals surface area contributed by atoms with Crippen LogP contribution >= 0.6 is 11.6 Å². The van der Waals surface area contributed by atoms with Gasteiger partial charge in [-0.05, 0) is 54.5 Å². The summed E-state index contributed by atoms with van der Waals surface area (Å²) in [5.41, 5.74) is 2.21. The number of methoxy groups -OCH3 is 1. The monoisotopic (exact) mass is 326 g/mol. The zero-order chi connectivity index (χ0) is 16.8. The first-order valence-electron chi connectivity index (χ1n) is 6.87. The molecule has 2 aromatic carbocycles. The molecule has 0 spiro atoms. The lowest BCUT2D eigenvalue weighted by Crippen LogP contribution is -2.14. The fraction of sp³-hybridized carbons (Fsp3) is 0.111. The van der Waals surface area contributed by atoms with Gasteiger partial charge < -0.3 is 10.1 Å².